The lowest BCUT2D eigenvalue weighted by Gasteiger charge is -2.41. The van der Waals surface area contributed by atoms with E-state index in [2.05, 4.69) is 43.5 Å². The maximum atomic E-state index is 5.99. The number of hydrogen-bond acceptors (Lipinski definition) is 3. The van der Waals surface area contributed by atoms with Crippen molar-refractivity contribution in [2.45, 2.75) is 51.5 Å². The van der Waals surface area contributed by atoms with E-state index >= 15 is 0 Å². The van der Waals surface area contributed by atoms with Crippen LogP contribution in [0.3, 0.4) is 0 Å². The predicted octanol–water partition coefficient (Wildman–Crippen LogP) is 3.46. The van der Waals surface area contributed by atoms with Crippen molar-refractivity contribution in [3.8, 4) is 5.75 Å². The van der Waals surface area contributed by atoms with Gasteiger partial charge in [-0.2, -0.15) is 0 Å². The molecule has 3 N–H and O–H groups in total. The molecular formula is C18H28N2O. The zero-order chi connectivity index (χ0) is 14.8. The Hall–Kier alpha value is -1.06. The van der Waals surface area contributed by atoms with Crippen molar-refractivity contribution in [3.05, 3.63) is 29.8 Å². The molecule has 1 fully saturated rings. The van der Waals surface area contributed by atoms with Crippen LogP contribution in [0.1, 0.15) is 51.0 Å². The molecule has 0 spiro atoms. The number of hydrazine groups is 1. The molecule has 1 heterocycles. The fourth-order valence-electron chi connectivity index (χ4n) is 4.63. The molecule has 4 atom stereocenters. The first kappa shape index (κ1) is 14.9. The smallest absolute Gasteiger partial charge is 0.122 e. The minimum atomic E-state index is 0.361. The monoisotopic (exact) mass is 288 g/mol. The van der Waals surface area contributed by atoms with E-state index < -0.39 is 0 Å². The largest absolute Gasteiger partial charge is 0.493 e. The number of nitrogens with one attached hydrogen (secondary N) is 1. The summed E-state index contributed by atoms with van der Waals surface area (Å²) in [7, 11) is 0. The minimum Gasteiger partial charge on any atom is -0.493 e. The Morgan fingerprint density at radius 3 is 2.57 bits per heavy atom. The zero-order valence-electron chi connectivity index (χ0n) is 13.2. The number of fused-ring (bicyclic) bond motifs is 1. The Labute approximate surface area is 128 Å². The quantitative estimate of drug-likeness (QED) is 0.661. The highest BCUT2D eigenvalue weighted by Crippen LogP contribution is 2.42. The van der Waals surface area contributed by atoms with E-state index in [0.717, 1.165) is 30.6 Å². The summed E-state index contributed by atoms with van der Waals surface area (Å²) in [6, 6.07) is 8.82. The summed E-state index contributed by atoms with van der Waals surface area (Å²) >= 11 is 0. The lowest BCUT2D eigenvalue weighted by atomic mass is 9.69. The number of rotatable bonds is 3. The van der Waals surface area contributed by atoms with Crippen molar-refractivity contribution in [1.29, 1.82) is 0 Å². The molecule has 1 saturated carbocycles. The highest BCUT2D eigenvalue weighted by Gasteiger charge is 2.36. The van der Waals surface area contributed by atoms with Crippen LogP contribution in [-0.2, 0) is 0 Å². The van der Waals surface area contributed by atoms with Crippen LogP contribution in [0, 0.1) is 17.8 Å². The van der Waals surface area contributed by atoms with Gasteiger partial charge in [-0.05, 0) is 55.1 Å². The fourth-order valence-corrected chi connectivity index (χ4v) is 4.63. The van der Waals surface area contributed by atoms with E-state index in [1.807, 2.05) is 0 Å². The third-order valence-electron chi connectivity index (χ3n) is 5.35. The maximum absolute atomic E-state index is 5.99. The minimum absolute atomic E-state index is 0.361. The maximum Gasteiger partial charge on any atom is 0.122 e. The van der Waals surface area contributed by atoms with Crippen molar-refractivity contribution in [2.24, 2.45) is 23.6 Å². The van der Waals surface area contributed by atoms with Crippen LogP contribution in [0.2, 0.25) is 0 Å². The molecule has 3 heteroatoms. The van der Waals surface area contributed by atoms with Gasteiger partial charge in [-0.25, -0.2) is 0 Å². The Morgan fingerprint density at radius 2 is 1.86 bits per heavy atom. The average Bonchev–Trinajstić information content (AvgIpc) is 2.47. The number of ether oxygens (including phenoxy) is 1. The van der Waals surface area contributed by atoms with E-state index in [1.165, 1.54) is 24.8 Å². The van der Waals surface area contributed by atoms with Gasteiger partial charge in [0.15, 0.2) is 0 Å². The van der Waals surface area contributed by atoms with E-state index in [4.69, 9.17) is 10.6 Å². The van der Waals surface area contributed by atoms with Gasteiger partial charge in [0.05, 0.1) is 6.61 Å². The van der Waals surface area contributed by atoms with Crippen molar-refractivity contribution in [3.63, 3.8) is 0 Å². The molecule has 0 bridgehead atoms. The van der Waals surface area contributed by atoms with Gasteiger partial charge >= 0.3 is 0 Å². The highest BCUT2D eigenvalue weighted by atomic mass is 16.5. The van der Waals surface area contributed by atoms with Gasteiger partial charge < -0.3 is 4.74 Å². The van der Waals surface area contributed by atoms with Gasteiger partial charge in [0, 0.05) is 12.0 Å². The molecule has 4 unspecified atom stereocenters. The van der Waals surface area contributed by atoms with E-state index in [0.29, 0.717) is 17.9 Å². The van der Waals surface area contributed by atoms with Crippen LogP contribution in [0.15, 0.2) is 24.3 Å². The first-order valence-corrected chi connectivity index (χ1v) is 8.37. The van der Waals surface area contributed by atoms with Gasteiger partial charge in [0.1, 0.15) is 5.75 Å². The third kappa shape index (κ3) is 3.09. The summed E-state index contributed by atoms with van der Waals surface area (Å²) in [6.45, 7) is 5.57. The average molecular weight is 288 g/mol. The SMILES string of the molecule is CC1CC(C)CC(C(NN)C2CCOc3ccccc32)C1. The first-order chi connectivity index (χ1) is 10.2. The van der Waals surface area contributed by atoms with Gasteiger partial charge in [0.2, 0.25) is 0 Å². The predicted molar refractivity (Wildman–Crippen MR) is 86.1 cm³/mol. The van der Waals surface area contributed by atoms with Crippen LogP contribution in [0.4, 0.5) is 0 Å². The lowest BCUT2D eigenvalue weighted by molar-refractivity contribution is 0.144. The zero-order valence-corrected chi connectivity index (χ0v) is 13.2. The summed E-state index contributed by atoms with van der Waals surface area (Å²) in [5, 5.41) is 0. The standard InChI is InChI=1S/C18H28N2O/c1-12-9-13(2)11-14(10-12)18(20-19)16-7-8-21-17-6-4-3-5-15(16)17/h3-6,12-14,16,18,20H,7-11,19H2,1-2H3. The van der Waals surface area contributed by atoms with Crippen LogP contribution < -0.4 is 16.0 Å². The highest BCUT2D eigenvalue weighted by molar-refractivity contribution is 5.38. The van der Waals surface area contributed by atoms with Gasteiger partial charge in [0.25, 0.3) is 0 Å². The number of benzene rings is 1. The first-order valence-electron chi connectivity index (χ1n) is 8.37. The molecule has 1 aliphatic heterocycles. The Balaban J connectivity index is 1.84. The van der Waals surface area contributed by atoms with Gasteiger partial charge in [-0.1, -0.05) is 32.0 Å². The van der Waals surface area contributed by atoms with Crippen LogP contribution >= 0.6 is 0 Å². The fraction of sp³-hybridized carbons (Fsp3) is 0.667. The van der Waals surface area contributed by atoms with Crippen LogP contribution in [-0.4, -0.2) is 12.6 Å². The molecule has 0 aromatic heterocycles. The molecular weight excluding hydrogens is 260 g/mol. The number of nitrogens with two attached hydrogens (primary N) is 1. The molecule has 1 aromatic carbocycles. The van der Waals surface area contributed by atoms with E-state index in [1.54, 1.807) is 0 Å². The van der Waals surface area contributed by atoms with E-state index in [9.17, 15) is 0 Å². The second-order valence-corrected chi connectivity index (χ2v) is 7.15. The summed E-state index contributed by atoms with van der Waals surface area (Å²) in [5.41, 5.74) is 4.50. The normalized spacial score (nSPS) is 33.9. The van der Waals surface area contributed by atoms with Crippen molar-refractivity contribution < 1.29 is 4.74 Å². The Bertz CT molecular complexity index is 466. The molecule has 116 valence electrons. The Morgan fingerprint density at radius 1 is 1.14 bits per heavy atom. The third-order valence-corrected chi connectivity index (χ3v) is 5.35. The molecule has 0 saturated heterocycles. The molecule has 1 aromatic rings. The summed E-state index contributed by atoms with van der Waals surface area (Å²) in [5.74, 6) is 9.80. The van der Waals surface area contributed by atoms with Crippen molar-refractivity contribution >= 4 is 0 Å². The van der Waals surface area contributed by atoms with E-state index in [-0.39, 0.29) is 0 Å². The summed E-state index contributed by atoms with van der Waals surface area (Å²) in [6.07, 6.45) is 5.00. The van der Waals surface area contributed by atoms with Gasteiger partial charge in [-0.15, -0.1) is 0 Å². The second kappa shape index (κ2) is 6.37. The Kier molecular flexibility index (Phi) is 4.51. The van der Waals surface area contributed by atoms with Crippen molar-refractivity contribution in [1.82, 2.24) is 5.43 Å². The number of para-hydroxylation sites is 1. The topological polar surface area (TPSA) is 47.3 Å². The second-order valence-electron chi connectivity index (χ2n) is 7.15. The summed E-state index contributed by atoms with van der Waals surface area (Å²) < 4.78 is 5.81. The molecule has 21 heavy (non-hydrogen) atoms. The van der Waals surface area contributed by atoms with Crippen LogP contribution in [0.25, 0.3) is 0 Å². The van der Waals surface area contributed by atoms with Gasteiger partial charge in [-0.3, -0.25) is 11.3 Å². The molecule has 1 aliphatic carbocycles. The summed E-state index contributed by atoms with van der Waals surface area (Å²) in [4.78, 5) is 0. The van der Waals surface area contributed by atoms with Crippen LogP contribution in [0.5, 0.6) is 5.75 Å². The lowest BCUT2D eigenvalue weighted by Crippen LogP contribution is -2.48. The molecule has 3 rings (SSSR count). The molecule has 0 radical (unpaired) electrons. The number of hydrogen-bond donors (Lipinski definition) is 2. The molecule has 0 amide bonds. The van der Waals surface area contributed by atoms with Crippen molar-refractivity contribution in [2.75, 3.05) is 6.61 Å². The molecule has 2 aliphatic rings. The molecule has 3 nitrogen and oxygen atoms in total.